The molecule has 0 aromatic carbocycles. The molecule has 0 aromatic rings. The Hall–Kier alpha value is -1.94. The number of rotatable bonds is 6. The fourth-order valence-electron chi connectivity index (χ4n) is 2.72. The van der Waals surface area contributed by atoms with Crippen molar-refractivity contribution in [1.29, 1.82) is 0 Å². The summed E-state index contributed by atoms with van der Waals surface area (Å²) in [6, 6.07) is -1.47. The summed E-state index contributed by atoms with van der Waals surface area (Å²) < 4.78 is 5.67. The van der Waals surface area contributed by atoms with E-state index in [0.717, 1.165) is 6.42 Å². The molecule has 24 heavy (non-hydrogen) atoms. The third kappa shape index (κ3) is 3.75. The van der Waals surface area contributed by atoms with Crippen LogP contribution in [0.1, 0.15) is 19.8 Å². The summed E-state index contributed by atoms with van der Waals surface area (Å²) in [4.78, 5) is 17.8. The van der Waals surface area contributed by atoms with Gasteiger partial charge < -0.3 is 36.6 Å². The Bertz CT molecular complexity index is 550. The Morgan fingerprint density at radius 1 is 1.62 bits per heavy atom. The number of nitrogens with two attached hydrogens (primary N) is 2. The number of ether oxygens (including phenoxy) is 1. The molecule has 2 rings (SSSR count). The fourth-order valence-corrected chi connectivity index (χ4v) is 2.72. The van der Waals surface area contributed by atoms with Crippen molar-refractivity contribution in [3.05, 3.63) is 24.7 Å². The molecule has 2 heterocycles. The highest BCUT2D eigenvalue weighted by atomic mass is 16.5. The molecule has 0 aromatic heterocycles. The van der Waals surface area contributed by atoms with Crippen molar-refractivity contribution in [2.75, 3.05) is 6.61 Å². The average molecular weight is 339 g/mol. The third-order valence-electron chi connectivity index (χ3n) is 4.03. The van der Waals surface area contributed by atoms with Crippen LogP contribution in [0.3, 0.4) is 0 Å². The van der Waals surface area contributed by atoms with Crippen LogP contribution in [0.4, 0.5) is 0 Å². The summed E-state index contributed by atoms with van der Waals surface area (Å²) in [5.74, 6) is 0.213. The number of carbonyl (C=O) groups excluding carboxylic acids is 1. The van der Waals surface area contributed by atoms with E-state index < -0.39 is 30.5 Å². The molecule has 7 N–H and O–H groups in total. The highest BCUT2D eigenvalue weighted by Crippen LogP contribution is 2.28. The highest BCUT2D eigenvalue weighted by Gasteiger charge is 2.47. The highest BCUT2D eigenvalue weighted by molar-refractivity contribution is 5.92. The van der Waals surface area contributed by atoms with Gasteiger partial charge in [0.25, 0.3) is 0 Å². The van der Waals surface area contributed by atoms with Crippen LogP contribution in [0.25, 0.3) is 0 Å². The second-order valence-corrected chi connectivity index (χ2v) is 5.84. The van der Waals surface area contributed by atoms with Gasteiger partial charge in [-0.1, -0.05) is 19.9 Å². The van der Waals surface area contributed by atoms with Crippen LogP contribution >= 0.6 is 0 Å². The zero-order valence-electron chi connectivity index (χ0n) is 13.6. The SMILES string of the molecule is C=C1N=C(N)C=CN1[C@@H]1O[C@H](CO)C(O)[C@@H]1NC(=O)C(N)CCC. The molecule has 0 saturated carbocycles. The predicted molar refractivity (Wildman–Crippen MR) is 88.3 cm³/mol. The normalized spacial score (nSPS) is 31.1. The first kappa shape index (κ1) is 18.4. The monoisotopic (exact) mass is 339 g/mol. The lowest BCUT2D eigenvalue weighted by molar-refractivity contribution is -0.124. The average Bonchev–Trinajstić information content (AvgIpc) is 2.84. The van der Waals surface area contributed by atoms with E-state index in [0.29, 0.717) is 18.1 Å². The Balaban J connectivity index is 2.17. The Morgan fingerprint density at radius 2 is 2.33 bits per heavy atom. The molecule has 1 amide bonds. The lowest BCUT2D eigenvalue weighted by atomic mass is 10.1. The number of nitrogens with one attached hydrogen (secondary N) is 1. The minimum Gasteiger partial charge on any atom is -0.394 e. The molecule has 2 aliphatic rings. The van der Waals surface area contributed by atoms with Crippen LogP contribution in [-0.4, -0.2) is 64.0 Å². The minimum absolute atomic E-state index is 0.291. The largest absolute Gasteiger partial charge is 0.394 e. The van der Waals surface area contributed by atoms with Gasteiger partial charge in [-0.25, -0.2) is 4.99 Å². The molecule has 134 valence electrons. The molecule has 9 nitrogen and oxygen atoms in total. The maximum Gasteiger partial charge on any atom is 0.237 e. The molecule has 1 saturated heterocycles. The van der Waals surface area contributed by atoms with Gasteiger partial charge in [-0.2, -0.15) is 0 Å². The number of hydrogen-bond donors (Lipinski definition) is 5. The maximum absolute atomic E-state index is 12.2. The first-order valence-corrected chi connectivity index (χ1v) is 7.89. The van der Waals surface area contributed by atoms with Crippen LogP contribution in [0.2, 0.25) is 0 Å². The first-order valence-electron chi connectivity index (χ1n) is 7.89. The number of aliphatic hydroxyl groups is 2. The van der Waals surface area contributed by atoms with Gasteiger partial charge >= 0.3 is 0 Å². The molecular weight excluding hydrogens is 314 g/mol. The summed E-state index contributed by atoms with van der Waals surface area (Å²) in [6.07, 6.45) is 1.73. The van der Waals surface area contributed by atoms with E-state index in [4.69, 9.17) is 16.2 Å². The molecule has 0 aliphatic carbocycles. The maximum atomic E-state index is 12.2. The van der Waals surface area contributed by atoms with Crippen molar-refractivity contribution < 1.29 is 19.7 Å². The standard InChI is InChI=1S/C15H25N5O4/c1-3-4-9(16)14(23)19-12-13(22)10(7-21)24-15(12)20-6-5-11(17)18-8(20)2/h5-6,9-10,12-13,15,21-22H,2-4,7,16H2,1H3,(H2,17,18)(H,19,23)/t9?,10-,12+,13?,15-/m1/s1. The zero-order valence-corrected chi connectivity index (χ0v) is 13.6. The van der Waals surface area contributed by atoms with Crippen LogP contribution in [0, 0.1) is 0 Å². The lowest BCUT2D eigenvalue weighted by Crippen LogP contribution is -2.55. The Labute approximate surface area is 140 Å². The van der Waals surface area contributed by atoms with Gasteiger partial charge in [0.15, 0.2) is 6.23 Å². The number of amidine groups is 1. The first-order chi connectivity index (χ1) is 11.4. The number of amides is 1. The number of carbonyl (C=O) groups is 1. The fraction of sp³-hybridized carbons (Fsp3) is 0.600. The molecule has 1 fully saturated rings. The van der Waals surface area contributed by atoms with Gasteiger partial charge in [0, 0.05) is 6.20 Å². The van der Waals surface area contributed by atoms with E-state index in [1.807, 2.05) is 6.92 Å². The number of aliphatic imine (C=N–C) groups is 1. The van der Waals surface area contributed by atoms with Gasteiger partial charge in [-0.3, -0.25) is 4.79 Å². The van der Waals surface area contributed by atoms with Crippen molar-refractivity contribution in [2.24, 2.45) is 16.5 Å². The summed E-state index contributed by atoms with van der Waals surface area (Å²) in [6.45, 7) is 5.33. The quantitative estimate of drug-likeness (QED) is 0.389. The van der Waals surface area contributed by atoms with E-state index in [2.05, 4.69) is 16.9 Å². The van der Waals surface area contributed by atoms with Crippen LogP contribution in [0.5, 0.6) is 0 Å². The van der Waals surface area contributed by atoms with Crippen LogP contribution < -0.4 is 16.8 Å². The molecular formula is C15H25N5O4. The van der Waals surface area contributed by atoms with Crippen LogP contribution in [0.15, 0.2) is 29.7 Å². The second-order valence-electron chi connectivity index (χ2n) is 5.84. The van der Waals surface area contributed by atoms with Gasteiger partial charge in [0.2, 0.25) is 5.91 Å². The number of hydrogen-bond acceptors (Lipinski definition) is 8. The van der Waals surface area contributed by atoms with E-state index in [9.17, 15) is 15.0 Å². The predicted octanol–water partition coefficient (Wildman–Crippen LogP) is -1.67. The smallest absolute Gasteiger partial charge is 0.237 e. The van der Waals surface area contributed by atoms with Gasteiger partial charge in [-0.05, 0) is 12.5 Å². The van der Waals surface area contributed by atoms with Crippen molar-refractivity contribution >= 4 is 11.7 Å². The molecule has 5 atom stereocenters. The third-order valence-corrected chi connectivity index (χ3v) is 4.03. The van der Waals surface area contributed by atoms with Crippen molar-refractivity contribution in [3.8, 4) is 0 Å². The van der Waals surface area contributed by atoms with Crippen molar-refractivity contribution in [1.82, 2.24) is 10.2 Å². The molecule has 0 spiro atoms. The summed E-state index contributed by atoms with van der Waals surface area (Å²) in [5.41, 5.74) is 11.4. The van der Waals surface area contributed by atoms with E-state index in [1.165, 1.54) is 0 Å². The number of aliphatic hydroxyl groups excluding tert-OH is 2. The van der Waals surface area contributed by atoms with E-state index >= 15 is 0 Å². The topological polar surface area (TPSA) is 146 Å². The molecule has 0 radical (unpaired) electrons. The Morgan fingerprint density at radius 3 is 2.92 bits per heavy atom. The van der Waals surface area contributed by atoms with Crippen molar-refractivity contribution in [2.45, 2.75) is 50.3 Å². The number of nitrogens with zero attached hydrogens (tertiary/aromatic N) is 2. The minimum atomic E-state index is -1.10. The van der Waals surface area contributed by atoms with E-state index in [-0.39, 0.29) is 12.5 Å². The lowest BCUT2D eigenvalue weighted by Gasteiger charge is -2.33. The Kier molecular flexibility index (Phi) is 5.94. The summed E-state index contributed by atoms with van der Waals surface area (Å²) >= 11 is 0. The second kappa shape index (κ2) is 7.75. The van der Waals surface area contributed by atoms with Crippen LogP contribution in [-0.2, 0) is 9.53 Å². The van der Waals surface area contributed by atoms with Gasteiger partial charge in [0.1, 0.15) is 29.9 Å². The molecule has 2 unspecified atom stereocenters. The molecule has 2 aliphatic heterocycles. The zero-order chi connectivity index (χ0) is 17.9. The van der Waals surface area contributed by atoms with E-state index in [1.54, 1.807) is 17.2 Å². The summed E-state index contributed by atoms with van der Waals surface area (Å²) in [5, 5.41) is 22.5. The van der Waals surface area contributed by atoms with Gasteiger partial charge in [0.05, 0.1) is 12.6 Å². The van der Waals surface area contributed by atoms with Gasteiger partial charge in [-0.15, -0.1) is 0 Å². The molecule has 0 bridgehead atoms. The molecule has 9 heteroatoms. The van der Waals surface area contributed by atoms with Crippen molar-refractivity contribution in [3.63, 3.8) is 0 Å². The summed E-state index contributed by atoms with van der Waals surface area (Å²) in [7, 11) is 0.